The van der Waals surface area contributed by atoms with Gasteiger partial charge in [-0.2, -0.15) is 0 Å². The number of benzene rings is 3. The van der Waals surface area contributed by atoms with Gasteiger partial charge in [0.2, 0.25) is 0 Å². The van der Waals surface area contributed by atoms with E-state index >= 15 is 0 Å². The second kappa shape index (κ2) is 9.57. The summed E-state index contributed by atoms with van der Waals surface area (Å²) in [6.45, 7) is 8.52. The lowest BCUT2D eigenvalue weighted by Crippen LogP contribution is -2.25. The molecule has 0 fully saturated rings. The highest BCUT2D eigenvalue weighted by molar-refractivity contribution is 6.03. The van der Waals surface area contributed by atoms with E-state index in [1.165, 1.54) is 5.56 Å². The van der Waals surface area contributed by atoms with Gasteiger partial charge in [-0.15, -0.1) is 0 Å². The maximum absolute atomic E-state index is 13.5. The zero-order valence-electron chi connectivity index (χ0n) is 20.8. The Bertz CT molecular complexity index is 1650. The third kappa shape index (κ3) is 4.20. The van der Waals surface area contributed by atoms with Gasteiger partial charge in [0.05, 0.1) is 22.1 Å². The van der Waals surface area contributed by atoms with Crippen molar-refractivity contribution in [1.29, 1.82) is 0 Å². The van der Waals surface area contributed by atoms with E-state index in [4.69, 9.17) is 0 Å². The molecule has 0 spiro atoms. The second-order valence-electron chi connectivity index (χ2n) is 9.51. The van der Waals surface area contributed by atoms with Crippen LogP contribution in [0.5, 0.6) is 0 Å². The standard InChI is InChI=1S/C30H33N3O2/c1-4-7-13-33(14-8-5-2)20-10-12-22-26(16-20)32-28-18-23-27(17-24(28)30(22)35)31-25-15-19(6-3)9-11-21(25)29(23)34/h9-12,15-18H,4-8,13-14H2,1-3H3,(H,31,34)(H,32,35). The molecule has 0 bridgehead atoms. The van der Waals surface area contributed by atoms with E-state index in [2.05, 4.69) is 47.8 Å². The van der Waals surface area contributed by atoms with Gasteiger partial charge < -0.3 is 14.9 Å². The van der Waals surface area contributed by atoms with Crippen molar-refractivity contribution >= 4 is 49.3 Å². The molecule has 0 atom stereocenters. The van der Waals surface area contributed by atoms with Crippen LogP contribution < -0.4 is 15.8 Å². The second-order valence-corrected chi connectivity index (χ2v) is 9.51. The molecule has 0 aliphatic carbocycles. The molecule has 0 radical (unpaired) electrons. The summed E-state index contributed by atoms with van der Waals surface area (Å²) >= 11 is 0. The first-order chi connectivity index (χ1) is 17.0. The fourth-order valence-electron chi connectivity index (χ4n) is 4.97. The Kier molecular flexibility index (Phi) is 6.33. The van der Waals surface area contributed by atoms with Crippen LogP contribution in [-0.4, -0.2) is 23.1 Å². The summed E-state index contributed by atoms with van der Waals surface area (Å²) in [7, 11) is 0. The Morgan fingerprint density at radius 3 is 1.69 bits per heavy atom. The highest BCUT2D eigenvalue weighted by Gasteiger charge is 2.13. The average Bonchev–Trinajstić information content (AvgIpc) is 2.88. The number of anilines is 1. The number of aromatic nitrogens is 2. The number of pyridine rings is 2. The maximum atomic E-state index is 13.5. The first-order valence-electron chi connectivity index (χ1n) is 12.9. The lowest BCUT2D eigenvalue weighted by atomic mass is 10.0. The van der Waals surface area contributed by atoms with E-state index in [0.717, 1.165) is 61.9 Å². The molecular weight excluding hydrogens is 434 g/mol. The smallest absolute Gasteiger partial charge is 0.197 e. The molecule has 2 aromatic heterocycles. The Morgan fingerprint density at radius 1 is 0.629 bits per heavy atom. The molecular formula is C30H33N3O2. The van der Waals surface area contributed by atoms with Crippen LogP contribution in [-0.2, 0) is 6.42 Å². The van der Waals surface area contributed by atoms with Gasteiger partial charge in [0.1, 0.15) is 0 Å². The molecule has 3 aromatic carbocycles. The zero-order valence-corrected chi connectivity index (χ0v) is 20.8. The van der Waals surface area contributed by atoms with Crippen LogP contribution in [0, 0.1) is 0 Å². The normalized spacial score (nSPS) is 11.7. The lowest BCUT2D eigenvalue weighted by molar-refractivity contribution is 0.678. The zero-order chi connectivity index (χ0) is 24.5. The molecule has 0 saturated heterocycles. The van der Waals surface area contributed by atoms with Gasteiger partial charge in [0.15, 0.2) is 10.9 Å². The van der Waals surface area contributed by atoms with Crippen molar-refractivity contribution in [3.8, 4) is 0 Å². The van der Waals surface area contributed by atoms with Gasteiger partial charge in [-0.3, -0.25) is 9.59 Å². The van der Waals surface area contributed by atoms with Crippen LogP contribution in [0.3, 0.4) is 0 Å². The molecule has 180 valence electrons. The van der Waals surface area contributed by atoms with Crippen LogP contribution in [0.25, 0.3) is 43.6 Å². The van der Waals surface area contributed by atoms with Crippen LogP contribution in [0.15, 0.2) is 58.1 Å². The van der Waals surface area contributed by atoms with Gasteiger partial charge in [-0.1, -0.05) is 39.7 Å². The minimum atomic E-state index is -0.0155. The van der Waals surface area contributed by atoms with Crippen molar-refractivity contribution in [1.82, 2.24) is 9.97 Å². The van der Waals surface area contributed by atoms with E-state index < -0.39 is 0 Å². The molecule has 0 amide bonds. The van der Waals surface area contributed by atoms with Crippen molar-refractivity contribution in [3.05, 3.63) is 74.5 Å². The molecule has 35 heavy (non-hydrogen) atoms. The number of hydrogen-bond acceptors (Lipinski definition) is 3. The number of fused-ring (bicyclic) bond motifs is 4. The molecule has 5 aromatic rings. The van der Waals surface area contributed by atoms with Gasteiger partial charge >= 0.3 is 0 Å². The van der Waals surface area contributed by atoms with E-state index in [-0.39, 0.29) is 10.9 Å². The van der Waals surface area contributed by atoms with Crippen LogP contribution in [0.2, 0.25) is 0 Å². The maximum Gasteiger partial charge on any atom is 0.197 e. The summed E-state index contributed by atoms with van der Waals surface area (Å²) < 4.78 is 0. The largest absolute Gasteiger partial charge is 0.371 e. The van der Waals surface area contributed by atoms with E-state index in [1.54, 1.807) is 0 Å². The van der Waals surface area contributed by atoms with E-state index in [1.807, 2.05) is 36.4 Å². The fourth-order valence-corrected chi connectivity index (χ4v) is 4.97. The number of aromatic amines is 2. The van der Waals surface area contributed by atoms with E-state index in [0.29, 0.717) is 32.6 Å². The predicted molar refractivity (Wildman–Crippen MR) is 149 cm³/mol. The van der Waals surface area contributed by atoms with Crippen molar-refractivity contribution in [2.24, 2.45) is 0 Å². The topological polar surface area (TPSA) is 69.0 Å². The van der Waals surface area contributed by atoms with Crippen LogP contribution in [0.4, 0.5) is 5.69 Å². The third-order valence-corrected chi connectivity index (χ3v) is 7.10. The Labute approximate surface area is 204 Å². The van der Waals surface area contributed by atoms with Crippen molar-refractivity contribution in [3.63, 3.8) is 0 Å². The molecule has 5 nitrogen and oxygen atoms in total. The number of nitrogens with zero attached hydrogens (tertiary/aromatic N) is 1. The summed E-state index contributed by atoms with van der Waals surface area (Å²) in [5, 5.41) is 2.52. The summed E-state index contributed by atoms with van der Waals surface area (Å²) in [5.41, 5.74) is 5.26. The van der Waals surface area contributed by atoms with Crippen molar-refractivity contribution in [2.45, 2.75) is 52.9 Å². The lowest BCUT2D eigenvalue weighted by Gasteiger charge is -2.25. The summed E-state index contributed by atoms with van der Waals surface area (Å²) in [5.74, 6) is 0. The van der Waals surface area contributed by atoms with Crippen LogP contribution >= 0.6 is 0 Å². The summed E-state index contributed by atoms with van der Waals surface area (Å²) in [4.78, 5) is 36.1. The monoisotopic (exact) mass is 467 g/mol. The molecule has 2 heterocycles. The highest BCUT2D eigenvalue weighted by Crippen LogP contribution is 2.25. The molecule has 0 unspecified atom stereocenters. The molecule has 0 aliphatic heterocycles. The summed E-state index contributed by atoms with van der Waals surface area (Å²) in [6.07, 6.45) is 5.47. The first-order valence-corrected chi connectivity index (χ1v) is 12.9. The molecule has 0 saturated carbocycles. The summed E-state index contributed by atoms with van der Waals surface area (Å²) in [6, 6.07) is 15.7. The SMILES string of the molecule is CCCCN(CCCC)c1ccc2c(=O)c3cc4[nH]c5cc(CC)ccc5c(=O)c4cc3[nH]c2c1. The van der Waals surface area contributed by atoms with Crippen LogP contribution in [0.1, 0.15) is 52.0 Å². The van der Waals surface area contributed by atoms with Gasteiger partial charge in [-0.05, 0) is 67.3 Å². The molecule has 2 N–H and O–H groups in total. The average molecular weight is 468 g/mol. The number of H-pyrrole nitrogens is 2. The fraction of sp³-hybridized carbons (Fsp3) is 0.333. The minimum Gasteiger partial charge on any atom is -0.371 e. The predicted octanol–water partition coefficient (Wildman–Crippen LogP) is 6.65. The van der Waals surface area contributed by atoms with E-state index in [9.17, 15) is 9.59 Å². The third-order valence-electron chi connectivity index (χ3n) is 7.10. The minimum absolute atomic E-state index is 0.0147. The molecule has 5 rings (SSSR count). The van der Waals surface area contributed by atoms with Gasteiger partial charge in [-0.25, -0.2) is 0 Å². The molecule has 5 heteroatoms. The Hall–Kier alpha value is -3.60. The number of nitrogens with one attached hydrogen (secondary N) is 2. The van der Waals surface area contributed by atoms with Crippen molar-refractivity contribution in [2.75, 3.05) is 18.0 Å². The Balaban J connectivity index is 1.70. The highest BCUT2D eigenvalue weighted by atomic mass is 16.1. The van der Waals surface area contributed by atoms with Gasteiger partial charge in [0.25, 0.3) is 0 Å². The number of unbranched alkanes of at least 4 members (excludes halogenated alkanes) is 2. The molecule has 0 aliphatic rings. The van der Waals surface area contributed by atoms with Gasteiger partial charge in [0, 0.05) is 40.3 Å². The van der Waals surface area contributed by atoms with Crippen molar-refractivity contribution < 1.29 is 0 Å². The quantitative estimate of drug-likeness (QED) is 0.251. The first kappa shape index (κ1) is 23.2. The Morgan fingerprint density at radius 2 is 1.14 bits per heavy atom. The number of rotatable bonds is 8. The number of aryl methyl sites for hydroxylation is 1. The number of hydrogen-bond donors (Lipinski definition) is 2.